The first-order valence-electron chi connectivity index (χ1n) is 10.8. The fraction of sp³-hybridized carbons (Fsp3) is 0. The molecule has 5 aromatic carbocycles. The molecule has 0 fully saturated rings. The van der Waals surface area contributed by atoms with Gasteiger partial charge < -0.3 is 0 Å². The van der Waals surface area contributed by atoms with Crippen LogP contribution < -0.4 is 0 Å². The van der Waals surface area contributed by atoms with E-state index in [0.29, 0.717) is 0 Å². The van der Waals surface area contributed by atoms with Crippen molar-refractivity contribution >= 4 is 64.4 Å². The highest BCUT2D eigenvalue weighted by atomic mass is 32.1. The average Bonchev–Trinajstić information content (AvgIpc) is 3.49. The second-order valence-corrected chi connectivity index (χ2v) is 10.4. The van der Waals surface area contributed by atoms with Gasteiger partial charge in [-0.15, -0.1) is 22.7 Å². The second-order valence-electron chi connectivity index (χ2n) is 8.20. The molecule has 2 aromatic heterocycles. The lowest BCUT2D eigenvalue weighted by Gasteiger charge is -2.05. The molecular weight excluding hydrogens is 424 g/mol. The van der Waals surface area contributed by atoms with Gasteiger partial charge in [-0.05, 0) is 69.1 Å². The topological polar surface area (TPSA) is 0 Å². The first-order chi connectivity index (χ1) is 15.8. The largest absolute Gasteiger partial charge is 0.135 e. The molecule has 0 aliphatic carbocycles. The lowest BCUT2D eigenvalue weighted by Crippen LogP contribution is -1.78. The lowest BCUT2D eigenvalue weighted by atomic mass is 9.99. The van der Waals surface area contributed by atoms with Crippen molar-refractivity contribution in [2.24, 2.45) is 0 Å². The van der Waals surface area contributed by atoms with E-state index in [4.69, 9.17) is 0 Å². The number of rotatable bonds is 2. The van der Waals surface area contributed by atoms with Gasteiger partial charge in [0.15, 0.2) is 0 Å². The van der Waals surface area contributed by atoms with Gasteiger partial charge >= 0.3 is 0 Å². The van der Waals surface area contributed by atoms with Gasteiger partial charge in [0.05, 0.1) is 0 Å². The van der Waals surface area contributed by atoms with E-state index in [0.717, 1.165) is 0 Å². The van der Waals surface area contributed by atoms with Crippen LogP contribution in [-0.4, -0.2) is 0 Å². The minimum atomic E-state index is 1.29. The molecular formula is C30H18S2. The summed E-state index contributed by atoms with van der Waals surface area (Å²) in [5, 5.41) is 8.00. The zero-order valence-corrected chi connectivity index (χ0v) is 18.8. The number of benzene rings is 5. The molecule has 0 bridgehead atoms. The Bertz CT molecular complexity index is 1620. The van der Waals surface area contributed by atoms with E-state index in [9.17, 15) is 0 Å². The monoisotopic (exact) mass is 442 g/mol. The molecule has 0 aliphatic rings. The molecule has 0 saturated heterocycles. The zero-order chi connectivity index (χ0) is 21.1. The third-order valence-corrected chi connectivity index (χ3v) is 8.57. The van der Waals surface area contributed by atoms with Crippen LogP contribution in [0.25, 0.3) is 62.6 Å². The Labute approximate surface area is 194 Å². The third kappa shape index (κ3) is 2.81. The van der Waals surface area contributed by atoms with Crippen molar-refractivity contribution in [3.63, 3.8) is 0 Å². The van der Waals surface area contributed by atoms with Gasteiger partial charge in [0.25, 0.3) is 0 Å². The van der Waals surface area contributed by atoms with Crippen LogP contribution in [0.2, 0.25) is 0 Å². The van der Waals surface area contributed by atoms with Crippen molar-refractivity contribution in [1.29, 1.82) is 0 Å². The molecule has 2 heteroatoms. The summed E-state index contributed by atoms with van der Waals surface area (Å²) in [4.78, 5) is 2.66. The van der Waals surface area contributed by atoms with Crippen LogP contribution in [0.1, 0.15) is 0 Å². The SMILES string of the molecule is c1ccc(-c2cc3c(ccc4cc5c(ccc6sc(-c7ccccc7)cc65)cc43)s2)cc1. The summed E-state index contributed by atoms with van der Waals surface area (Å²) in [6.45, 7) is 0. The lowest BCUT2D eigenvalue weighted by molar-refractivity contribution is 1.70. The number of hydrogen-bond acceptors (Lipinski definition) is 2. The minimum Gasteiger partial charge on any atom is -0.135 e. The van der Waals surface area contributed by atoms with Crippen molar-refractivity contribution in [2.45, 2.75) is 0 Å². The Morgan fingerprint density at radius 3 is 1.25 bits per heavy atom. The Morgan fingerprint density at radius 2 is 0.812 bits per heavy atom. The predicted molar refractivity (Wildman–Crippen MR) is 143 cm³/mol. The zero-order valence-electron chi connectivity index (χ0n) is 17.2. The highest BCUT2D eigenvalue weighted by molar-refractivity contribution is 7.22. The normalized spacial score (nSPS) is 11.8. The quantitative estimate of drug-likeness (QED) is 0.234. The maximum Gasteiger partial charge on any atom is 0.0355 e. The average molecular weight is 443 g/mol. The van der Waals surface area contributed by atoms with E-state index >= 15 is 0 Å². The molecule has 7 rings (SSSR count). The molecule has 32 heavy (non-hydrogen) atoms. The van der Waals surface area contributed by atoms with Crippen molar-refractivity contribution in [3.05, 3.63) is 109 Å². The maximum absolute atomic E-state index is 2.38. The molecule has 150 valence electrons. The Kier molecular flexibility index (Phi) is 3.98. The van der Waals surface area contributed by atoms with E-state index in [1.807, 2.05) is 22.7 Å². The van der Waals surface area contributed by atoms with E-state index in [1.54, 1.807) is 0 Å². The van der Waals surface area contributed by atoms with Crippen molar-refractivity contribution in [1.82, 2.24) is 0 Å². The maximum atomic E-state index is 2.38. The van der Waals surface area contributed by atoms with Crippen LogP contribution in [0.5, 0.6) is 0 Å². The van der Waals surface area contributed by atoms with Gasteiger partial charge in [-0.1, -0.05) is 72.8 Å². The molecule has 0 nitrogen and oxygen atoms in total. The van der Waals surface area contributed by atoms with Gasteiger partial charge in [-0.2, -0.15) is 0 Å². The fourth-order valence-electron chi connectivity index (χ4n) is 4.67. The number of thiophene rings is 2. The Hall–Kier alpha value is -3.46. The van der Waals surface area contributed by atoms with Crippen LogP contribution in [0, 0.1) is 0 Å². The molecule has 0 atom stereocenters. The molecule has 2 heterocycles. The number of hydrogen-bond donors (Lipinski definition) is 0. The summed E-state index contributed by atoms with van der Waals surface area (Å²) in [5.74, 6) is 0. The summed E-state index contributed by atoms with van der Waals surface area (Å²) in [6, 6.07) is 40.0. The predicted octanol–water partition coefficient (Wildman–Crippen LogP) is 9.76. The van der Waals surface area contributed by atoms with Crippen LogP contribution in [0.15, 0.2) is 109 Å². The molecule has 0 saturated carbocycles. The highest BCUT2D eigenvalue weighted by Crippen LogP contribution is 2.41. The van der Waals surface area contributed by atoms with E-state index in [1.165, 1.54) is 62.6 Å². The number of fused-ring (bicyclic) bond motifs is 6. The van der Waals surface area contributed by atoms with Gasteiger partial charge in [0.1, 0.15) is 0 Å². The first kappa shape index (κ1) is 18.1. The second kappa shape index (κ2) is 7.03. The summed E-state index contributed by atoms with van der Waals surface area (Å²) in [6.07, 6.45) is 0. The molecule has 0 amide bonds. The molecule has 0 aliphatic heterocycles. The third-order valence-electron chi connectivity index (χ3n) is 6.27. The van der Waals surface area contributed by atoms with Crippen LogP contribution in [-0.2, 0) is 0 Å². The van der Waals surface area contributed by atoms with Crippen molar-refractivity contribution in [3.8, 4) is 20.9 Å². The van der Waals surface area contributed by atoms with Crippen molar-refractivity contribution < 1.29 is 0 Å². The standard InChI is InChI=1S/C30H18S2/c1-3-7-19(8-4-1)29-17-25-23-15-22-12-14-28-26(18-30(32-28)20-9-5-2-6-10-20)24(22)16-21(23)11-13-27(25)31-29/h1-18H. The summed E-state index contributed by atoms with van der Waals surface area (Å²) in [7, 11) is 0. The molecule has 0 radical (unpaired) electrons. The molecule has 0 spiro atoms. The fourth-order valence-corrected chi connectivity index (χ4v) is 6.84. The van der Waals surface area contributed by atoms with E-state index in [-0.39, 0.29) is 0 Å². The van der Waals surface area contributed by atoms with Gasteiger partial charge in [0.2, 0.25) is 0 Å². The van der Waals surface area contributed by atoms with Gasteiger partial charge in [-0.25, -0.2) is 0 Å². The minimum absolute atomic E-state index is 1.29. The molecule has 0 N–H and O–H groups in total. The highest BCUT2D eigenvalue weighted by Gasteiger charge is 2.11. The van der Waals surface area contributed by atoms with Crippen LogP contribution in [0.3, 0.4) is 0 Å². The van der Waals surface area contributed by atoms with Crippen molar-refractivity contribution in [2.75, 3.05) is 0 Å². The molecule has 0 unspecified atom stereocenters. The van der Waals surface area contributed by atoms with Crippen LogP contribution in [0.4, 0.5) is 0 Å². The summed E-state index contributed by atoms with van der Waals surface area (Å²) < 4.78 is 2.69. The molecule has 7 aromatic rings. The Balaban J connectivity index is 1.46. The summed E-state index contributed by atoms with van der Waals surface area (Å²) >= 11 is 3.75. The van der Waals surface area contributed by atoms with Crippen LogP contribution >= 0.6 is 22.7 Å². The Morgan fingerprint density at radius 1 is 0.375 bits per heavy atom. The van der Waals surface area contributed by atoms with E-state index < -0.39 is 0 Å². The van der Waals surface area contributed by atoms with Gasteiger partial charge in [0, 0.05) is 29.9 Å². The summed E-state index contributed by atoms with van der Waals surface area (Å²) in [5.41, 5.74) is 2.58. The van der Waals surface area contributed by atoms with E-state index in [2.05, 4.69) is 109 Å². The van der Waals surface area contributed by atoms with Gasteiger partial charge in [-0.3, -0.25) is 0 Å². The smallest absolute Gasteiger partial charge is 0.0355 e. The first-order valence-corrected chi connectivity index (χ1v) is 12.4.